The lowest BCUT2D eigenvalue weighted by molar-refractivity contribution is 0.372. The van der Waals surface area contributed by atoms with Crippen molar-refractivity contribution in [1.82, 2.24) is 20.8 Å². The number of aryl methyl sites for hydroxylation is 2. The minimum atomic E-state index is 0. The summed E-state index contributed by atoms with van der Waals surface area (Å²) in [5.41, 5.74) is 0. The molecule has 0 aromatic carbocycles. The third-order valence-corrected chi connectivity index (χ3v) is 3.73. The van der Waals surface area contributed by atoms with Gasteiger partial charge in [0.05, 0.1) is 0 Å². The number of hydrogen-bond acceptors (Lipinski definition) is 4. The van der Waals surface area contributed by atoms with Gasteiger partial charge in [-0.25, -0.2) is 0 Å². The van der Waals surface area contributed by atoms with Crippen LogP contribution in [0.3, 0.4) is 0 Å². The Morgan fingerprint density at radius 3 is 2.52 bits per heavy atom. The predicted molar refractivity (Wildman–Crippen MR) is 115 cm³/mol. The Labute approximate surface area is 170 Å². The first kappa shape index (κ1) is 24.1. The monoisotopic (exact) mass is 465 g/mol. The number of aliphatic imine (C=N–C) groups is 1. The van der Waals surface area contributed by atoms with Gasteiger partial charge in [0.15, 0.2) is 11.8 Å². The van der Waals surface area contributed by atoms with Crippen molar-refractivity contribution in [2.24, 2.45) is 10.9 Å². The van der Waals surface area contributed by atoms with Gasteiger partial charge < -0.3 is 15.2 Å². The van der Waals surface area contributed by atoms with Crippen LogP contribution in [0.15, 0.2) is 9.52 Å². The van der Waals surface area contributed by atoms with Gasteiger partial charge in [-0.3, -0.25) is 4.99 Å². The summed E-state index contributed by atoms with van der Waals surface area (Å²) in [6.07, 6.45) is 8.20. The Morgan fingerprint density at radius 1 is 1.12 bits per heavy atom. The normalized spacial score (nSPS) is 11.5. The fourth-order valence-corrected chi connectivity index (χ4v) is 2.44. The number of hydrogen-bond donors (Lipinski definition) is 2. The summed E-state index contributed by atoms with van der Waals surface area (Å²) in [5, 5.41) is 10.5. The van der Waals surface area contributed by atoms with Gasteiger partial charge in [-0.15, -0.1) is 24.0 Å². The minimum Gasteiger partial charge on any atom is -0.357 e. The van der Waals surface area contributed by atoms with Crippen molar-refractivity contribution in [1.29, 1.82) is 0 Å². The number of nitrogens with one attached hydrogen (secondary N) is 2. The van der Waals surface area contributed by atoms with Gasteiger partial charge in [0, 0.05) is 26.1 Å². The van der Waals surface area contributed by atoms with Gasteiger partial charge in [-0.1, -0.05) is 44.7 Å². The molecule has 0 radical (unpaired) electrons. The van der Waals surface area contributed by atoms with E-state index < -0.39 is 0 Å². The van der Waals surface area contributed by atoms with Gasteiger partial charge in [0.2, 0.25) is 5.89 Å². The first-order chi connectivity index (χ1) is 11.6. The van der Waals surface area contributed by atoms with E-state index in [1.807, 2.05) is 6.92 Å². The molecular weight excluding hydrogens is 429 g/mol. The van der Waals surface area contributed by atoms with Crippen molar-refractivity contribution in [2.45, 2.75) is 72.6 Å². The topological polar surface area (TPSA) is 75.3 Å². The average Bonchev–Trinajstić information content (AvgIpc) is 2.95. The SMILES string of the molecule is CCNC(=NCCCc1nc(C)no1)NCCCCCCC(C)C.I. The second kappa shape index (κ2) is 15.4. The van der Waals surface area contributed by atoms with Crippen LogP contribution in [0.1, 0.15) is 71.0 Å². The molecule has 25 heavy (non-hydrogen) atoms. The van der Waals surface area contributed by atoms with Crippen molar-refractivity contribution >= 4 is 29.9 Å². The van der Waals surface area contributed by atoms with Crippen LogP contribution in [0.25, 0.3) is 0 Å². The molecule has 7 heteroatoms. The van der Waals surface area contributed by atoms with Gasteiger partial charge in [-0.2, -0.15) is 4.98 Å². The van der Waals surface area contributed by atoms with E-state index in [2.05, 4.69) is 46.5 Å². The van der Waals surface area contributed by atoms with E-state index >= 15 is 0 Å². The zero-order valence-electron chi connectivity index (χ0n) is 16.3. The maximum absolute atomic E-state index is 5.10. The van der Waals surface area contributed by atoms with E-state index in [-0.39, 0.29) is 24.0 Å². The van der Waals surface area contributed by atoms with E-state index in [0.717, 1.165) is 44.4 Å². The molecule has 0 saturated heterocycles. The lowest BCUT2D eigenvalue weighted by Gasteiger charge is -2.11. The number of nitrogens with zero attached hydrogens (tertiary/aromatic N) is 3. The average molecular weight is 465 g/mol. The molecule has 1 aromatic rings. The molecule has 0 spiro atoms. The number of halogens is 1. The van der Waals surface area contributed by atoms with Crippen molar-refractivity contribution < 1.29 is 4.52 Å². The Kier molecular flexibility index (Phi) is 14.9. The number of rotatable bonds is 12. The maximum Gasteiger partial charge on any atom is 0.226 e. The summed E-state index contributed by atoms with van der Waals surface area (Å²) in [5.74, 6) is 3.12. The summed E-state index contributed by atoms with van der Waals surface area (Å²) in [4.78, 5) is 8.80. The minimum absolute atomic E-state index is 0. The van der Waals surface area contributed by atoms with Crippen LogP contribution in [0, 0.1) is 12.8 Å². The van der Waals surface area contributed by atoms with Gasteiger partial charge in [0.25, 0.3) is 0 Å². The Bertz CT molecular complexity index is 462. The summed E-state index contributed by atoms with van der Waals surface area (Å²) < 4.78 is 5.10. The molecule has 0 aliphatic carbocycles. The largest absolute Gasteiger partial charge is 0.357 e. The van der Waals surface area contributed by atoms with E-state index in [9.17, 15) is 0 Å². The summed E-state index contributed by atoms with van der Waals surface area (Å²) >= 11 is 0. The van der Waals surface area contributed by atoms with Crippen molar-refractivity contribution in [2.75, 3.05) is 19.6 Å². The molecule has 6 nitrogen and oxygen atoms in total. The number of unbranched alkanes of at least 4 members (excludes halogenated alkanes) is 3. The van der Waals surface area contributed by atoms with Gasteiger partial charge in [0.1, 0.15) is 0 Å². The Morgan fingerprint density at radius 2 is 1.88 bits per heavy atom. The molecule has 2 N–H and O–H groups in total. The second-order valence-corrected chi connectivity index (χ2v) is 6.62. The lowest BCUT2D eigenvalue weighted by Crippen LogP contribution is -2.37. The van der Waals surface area contributed by atoms with Crippen molar-refractivity contribution in [3.8, 4) is 0 Å². The van der Waals surface area contributed by atoms with Crippen LogP contribution in [0.2, 0.25) is 0 Å². The van der Waals surface area contributed by atoms with E-state index in [4.69, 9.17) is 4.52 Å². The third-order valence-electron chi connectivity index (χ3n) is 3.73. The molecule has 0 amide bonds. The molecule has 0 unspecified atom stereocenters. The van der Waals surface area contributed by atoms with E-state index in [0.29, 0.717) is 11.7 Å². The summed E-state index contributed by atoms with van der Waals surface area (Å²) in [6, 6.07) is 0. The first-order valence-corrected chi connectivity index (χ1v) is 9.43. The second-order valence-electron chi connectivity index (χ2n) is 6.62. The smallest absolute Gasteiger partial charge is 0.226 e. The van der Waals surface area contributed by atoms with Crippen molar-refractivity contribution in [3.63, 3.8) is 0 Å². The first-order valence-electron chi connectivity index (χ1n) is 9.43. The quantitative estimate of drug-likeness (QED) is 0.211. The highest BCUT2D eigenvalue weighted by Crippen LogP contribution is 2.08. The molecule has 1 rings (SSSR count). The molecule has 0 fully saturated rings. The zero-order chi connectivity index (χ0) is 17.6. The highest BCUT2D eigenvalue weighted by Gasteiger charge is 2.02. The van der Waals surface area contributed by atoms with Crippen LogP contribution < -0.4 is 10.6 Å². The Hall–Kier alpha value is -0.860. The third kappa shape index (κ3) is 13.1. The van der Waals surface area contributed by atoms with E-state index in [1.54, 1.807) is 0 Å². The number of guanidine groups is 1. The summed E-state index contributed by atoms with van der Waals surface area (Å²) in [6.45, 7) is 11.1. The van der Waals surface area contributed by atoms with Gasteiger partial charge >= 0.3 is 0 Å². The standard InChI is InChI=1S/C18H35N5O.HI/c1-5-19-18(20-13-9-7-6-8-11-15(2)3)21-14-10-12-17-22-16(4)23-24-17;/h15H,5-14H2,1-4H3,(H2,19,20,21);1H. The predicted octanol–water partition coefficient (Wildman–Crippen LogP) is 4.09. The molecule has 0 aliphatic rings. The van der Waals surface area contributed by atoms with Crippen molar-refractivity contribution in [3.05, 3.63) is 11.7 Å². The van der Waals surface area contributed by atoms with Crippen LogP contribution in [-0.2, 0) is 6.42 Å². The molecular formula is C18H36IN5O. The summed E-state index contributed by atoms with van der Waals surface area (Å²) in [7, 11) is 0. The fourth-order valence-electron chi connectivity index (χ4n) is 2.44. The molecule has 0 bridgehead atoms. The fraction of sp³-hybridized carbons (Fsp3) is 0.833. The molecule has 0 aliphatic heterocycles. The molecule has 1 heterocycles. The highest BCUT2D eigenvalue weighted by atomic mass is 127. The molecule has 0 atom stereocenters. The van der Waals surface area contributed by atoms with Gasteiger partial charge in [-0.05, 0) is 32.6 Å². The maximum atomic E-state index is 5.10. The van der Waals surface area contributed by atoms with Crippen LogP contribution >= 0.6 is 24.0 Å². The Balaban J connectivity index is 0.00000576. The highest BCUT2D eigenvalue weighted by molar-refractivity contribution is 14.0. The molecule has 146 valence electrons. The van der Waals surface area contributed by atoms with Crippen LogP contribution in [-0.4, -0.2) is 35.7 Å². The van der Waals surface area contributed by atoms with E-state index in [1.165, 1.54) is 32.1 Å². The molecule has 0 saturated carbocycles. The zero-order valence-corrected chi connectivity index (χ0v) is 18.6. The van der Waals surface area contributed by atoms with Crippen LogP contribution in [0.5, 0.6) is 0 Å². The number of aromatic nitrogens is 2. The van der Waals surface area contributed by atoms with Crippen LogP contribution in [0.4, 0.5) is 0 Å². The molecule has 1 aromatic heterocycles. The lowest BCUT2D eigenvalue weighted by atomic mass is 10.0.